The summed E-state index contributed by atoms with van der Waals surface area (Å²) in [5.74, 6) is 0.603. The number of nitrogens with zero attached hydrogens (tertiary/aromatic N) is 2. The molecule has 0 aromatic heterocycles. The highest BCUT2D eigenvalue weighted by molar-refractivity contribution is 6.31. The summed E-state index contributed by atoms with van der Waals surface area (Å²) in [5, 5.41) is 12.0. The molecule has 3 aromatic carbocycles. The van der Waals surface area contributed by atoms with Gasteiger partial charge in [0.1, 0.15) is 12.4 Å². The second-order valence-electron chi connectivity index (χ2n) is 6.04. The quantitative estimate of drug-likeness (QED) is 0.261. The van der Waals surface area contributed by atoms with Crippen molar-refractivity contribution in [1.29, 1.82) is 0 Å². The van der Waals surface area contributed by atoms with Gasteiger partial charge in [0.05, 0.1) is 10.6 Å². The predicted octanol–water partition coefficient (Wildman–Crippen LogP) is 6.54. The van der Waals surface area contributed by atoms with Crippen LogP contribution in [0.25, 0.3) is 0 Å². The van der Waals surface area contributed by atoms with Crippen LogP contribution >= 0.6 is 23.2 Å². The number of ether oxygens (including phenoxy) is 1. The van der Waals surface area contributed by atoms with Gasteiger partial charge >= 0.3 is 0 Å². The summed E-state index contributed by atoms with van der Waals surface area (Å²) in [5.41, 5.74) is 3.22. The van der Waals surface area contributed by atoms with Gasteiger partial charge in [0, 0.05) is 34.0 Å². The van der Waals surface area contributed by atoms with E-state index in [0.29, 0.717) is 21.4 Å². The standard InChI is InChI=1S/C21H16Cl2N2O3/c1-14-19(23)3-2-4-20(14)24-12-16-11-17(22)7-10-21(16)28-13-15-5-8-18(9-6-15)25(26)27/h2-12H,13H2,1H3. The van der Waals surface area contributed by atoms with Gasteiger partial charge in [0.25, 0.3) is 5.69 Å². The topological polar surface area (TPSA) is 64.7 Å². The van der Waals surface area contributed by atoms with Gasteiger partial charge in [-0.2, -0.15) is 0 Å². The van der Waals surface area contributed by atoms with Gasteiger partial charge in [0.15, 0.2) is 0 Å². The Morgan fingerprint density at radius 2 is 1.86 bits per heavy atom. The fraction of sp³-hybridized carbons (Fsp3) is 0.0952. The molecule has 28 heavy (non-hydrogen) atoms. The number of rotatable bonds is 6. The fourth-order valence-electron chi connectivity index (χ4n) is 2.50. The van der Waals surface area contributed by atoms with Crippen LogP contribution in [0.1, 0.15) is 16.7 Å². The van der Waals surface area contributed by atoms with Crippen molar-refractivity contribution in [3.63, 3.8) is 0 Å². The van der Waals surface area contributed by atoms with E-state index in [1.54, 1.807) is 36.5 Å². The van der Waals surface area contributed by atoms with Gasteiger partial charge in [0.2, 0.25) is 0 Å². The molecule has 0 N–H and O–H groups in total. The van der Waals surface area contributed by atoms with Crippen molar-refractivity contribution in [3.8, 4) is 5.75 Å². The van der Waals surface area contributed by atoms with E-state index in [2.05, 4.69) is 4.99 Å². The zero-order chi connectivity index (χ0) is 20.1. The van der Waals surface area contributed by atoms with Gasteiger partial charge in [-0.1, -0.05) is 29.3 Å². The summed E-state index contributed by atoms with van der Waals surface area (Å²) < 4.78 is 5.88. The molecule has 0 heterocycles. The van der Waals surface area contributed by atoms with Crippen molar-refractivity contribution in [2.24, 2.45) is 4.99 Å². The first-order chi connectivity index (χ1) is 13.4. The normalized spacial score (nSPS) is 11.0. The Morgan fingerprint density at radius 3 is 2.57 bits per heavy atom. The highest BCUT2D eigenvalue weighted by Crippen LogP contribution is 2.27. The molecule has 5 nitrogen and oxygen atoms in total. The van der Waals surface area contributed by atoms with E-state index in [9.17, 15) is 10.1 Å². The maximum absolute atomic E-state index is 10.7. The first-order valence-electron chi connectivity index (χ1n) is 8.39. The Balaban J connectivity index is 1.79. The Kier molecular flexibility index (Phi) is 6.29. The van der Waals surface area contributed by atoms with E-state index in [1.165, 1.54) is 12.1 Å². The minimum atomic E-state index is -0.434. The highest BCUT2D eigenvalue weighted by Gasteiger charge is 2.07. The van der Waals surface area contributed by atoms with Crippen molar-refractivity contribution in [2.45, 2.75) is 13.5 Å². The monoisotopic (exact) mass is 414 g/mol. The molecule has 0 saturated heterocycles. The van der Waals surface area contributed by atoms with Crippen molar-refractivity contribution < 1.29 is 9.66 Å². The summed E-state index contributed by atoms with van der Waals surface area (Å²) in [6.07, 6.45) is 1.68. The molecule has 3 aromatic rings. The molecule has 0 aliphatic carbocycles. The van der Waals surface area contributed by atoms with Crippen molar-refractivity contribution in [3.05, 3.63) is 97.5 Å². The zero-order valence-electron chi connectivity index (χ0n) is 14.9. The minimum Gasteiger partial charge on any atom is -0.488 e. The first kappa shape index (κ1) is 19.9. The Hall–Kier alpha value is -2.89. The number of benzene rings is 3. The molecule has 0 aliphatic heterocycles. The smallest absolute Gasteiger partial charge is 0.269 e. The number of nitro groups is 1. The second kappa shape index (κ2) is 8.87. The van der Waals surface area contributed by atoms with Crippen LogP contribution in [0, 0.1) is 17.0 Å². The van der Waals surface area contributed by atoms with Crippen molar-refractivity contribution in [2.75, 3.05) is 0 Å². The lowest BCUT2D eigenvalue weighted by atomic mass is 10.2. The maximum atomic E-state index is 10.7. The van der Waals surface area contributed by atoms with E-state index in [-0.39, 0.29) is 12.3 Å². The molecular formula is C21H16Cl2N2O3. The van der Waals surface area contributed by atoms with Crippen LogP contribution in [0.4, 0.5) is 11.4 Å². The predicted molar refractivity (Wildman–Crippen MR) is 112 cm³/mol. The maximum Gasteiger partial charge on any atom is 0.269 e. The Labute approximate surface area is 172 Å². The van der Waals surface area contributed by atoms with Gasteiger partial charge < -0.3 is 4.74 Å². The van der Waals surface area contributed by atoms with Gasteiger partial charge in [-0.15, -0.1) is 0 Å². The number of aliphatic imine (C=N–C) groups is 1. The number of non-ortho nitro benzene ring substituents is 1. The summed E-state index contributed by atoms with van der Waals surface area (Å²) in [7, 11) is 0. The zero-order valence-corrected chi connectivity index (χ0v) is 16.4. The summed E-state index contributed by atoms with van der Waals surface area (Å²) in [4.78, 5) is 14.8. The first-order valence-corrected chi connectivity index (χ1v) is 9.14. The van der Waals surface area contributed by atoms with Crippen LogP contribution in [-0.2, 0) is 6.61 Å². The molecule has 3 rings (SSSR count). The summed E-state index contributed by atoms with van der Waals surface area (Å²) in [6.45, 7) is 2.16. The molecular weight excluding hydrogens is 399 g/mol. The molecule has 0 amide bonds. The third-order valence-electron chi connectivity index (χ3n) is 4.10. The summed E-state index contributed by atoms with van der Waals surface area (Å²) >= 11 is 12.3. The molecule has 0 aliphatic rings. The Bertz CT molecular complexity index is 1030. The lowest BCUT2D eigenvalue weighted by Crippen LogP contribution is -1.99. The number of nitro benzene ring substituents is 1. The van der Waals surface area contributed by atoms with Crippen molar-refractivity contribution in [1.82, 2.24) is 0 Å². The van der Waals surface area contributed by atoms with Gasteiger partial charge in [-0.3, -0.25) is 15.1 Å². The number of halogens is 2. The summed E-state index contributed by atoms with van der Waals surface area (Å²) in [6, 6.07) is 17.0. The lowest BCUT2D eigenvalue weighted by molar-refractivity contribution is -0.384. The molecule has 0 bridgehead atoms. The van der Waals surface area contributed by atoms with Crippen LogP contribution < -0.4 is 4.74 Å². The van der Waals surface area contributed by atoms with E-state index in [0.717, 1.165) is 16.8 Å². The minimum absolute atomic E-state index is 0.0416. The van der Waals surface area contributed by atoms with Crippen molar-refractivity contribution >= 4 is 40.8 Å². The lowest BCUT2D eigenvalue weighted by Gasteiger charge is -2.10. The third-order valence-corrected chi connectivity index (χ3v) is 4.74. The van der Waals surface area contributed by atoms with Crippen LogP contribution in [0.15, 0.2) is 65.7 Å². The molecule has 0 spiro atoms. The van der Waals surface area contributed by atoms with E-state index >= 15 is 0 Å². The highest BCUT2D eigenvalue weighted by atomic mass is 35.5. The SMILES string of the molecule is Cc1c(Cl)cccc1N=Cc1cc(Cl)ccc1OCc1ccc([N+](=O)[O-])cc1. The van der Waals surface area contributed by atoms with E-state index in [1.807, 2.05) is 25.1 Å². The second-order valence-corrected chi connectivity index (χ2v) is 6.88. The molecule has 7 heteroatoms. The van der Waals surface area contributed by atoms with Gasteiger partial charge in [-0.25, -0.2) is 0 Å². The molecule has 0 fully saturated rings. The molecule has 0 saturated carbocycles. The fourth-order valence-corrected chi connectivity index (χ4v) is 2.85. The average molecular weight is 415 g/mol. The average Bonchev–Trinajstić information content (AvgIpc) is 2.68. The van der Waals surface area contributed by atoms with Crippen LogP contribution in [-0.4, -0.2) is 11.1 Å². The van der Waals surface area contributed by atoms with E-state index in [4.69, 9.17) is 27.9 Å². The van der Waals surface area contributed by atoms with Gasteiger partial charge in [-0.05, 0) is 60.5 Å². The Morgan fingerprint density at radius 1 is 1.11 bits per heavy atom. The third kappa shape index (κ3) is 4.88. The number of hydrogen-bond donors (Lipinski definition) is 0. The van der Waals surface area contributed by atoms with Crippen LogP contribution in [0.2, 0.25) is 10.0 Å². The van der Waals surface area contributed by atoms with E-state index < -0.39 is 4.92 Å². The number of hydrogen-bond acceptors (Lipinski definition) is 4. The molecule has 142 valence electrons. The van der Waals surface area contributed by atoms with Crippen LogP contribution in [0.3, 0.4) is 0 Å². The molecule has 0 unspecified atom stereocenters. The largest absolute Gasteiger partial charge is 0.488 e. The molecule has 0 atom stereocenters. The molecule has 0 radical (unpaired) electrons. The van der Waals surface area contributed by atoms with Crippen LogP contribution in [0.5, 0.6) is 5.75 Å².